The topological polar surface area (TPSA) is 143 Å². The molecule has 0 aliphatic carbocycles. The molecule has 4 aromatic heterocycles. The van der Waals surface area contributed by atoms with Crippen molar-refractivity contribution in [2.45, 2.75) is 39.0 Å². The first-order valence-electron chi connectivity index (χ1n) is 15.5. The van der Waals surface area contributed by atoms with Crippen LogP contribution in [0.15, 0.2) is 61.1 Å². The van der Waals surface area contributed by atoms with E-state index in [-0.39, 0.29) is 31.0 Å². The van der Waals surface area contributed by atoms with Gasteiger partial charge in [-0.1, -0.05) is 41.4 Å². The smallest absolute Gasteiger partial charge is 0.407 e. The maximum Gasteiger partial charge on any atom is 0.407 e. The number of carbonyl (C=O) groups is 2. The maximum absolute atomic E-state index is 12.3. The molecule has 6 rings (SSSR count). The lowest BCUT2D eigenvalue weighted by molar-refractivity contribution is -0.130. The summed E-state index contributed by atoms with van der Waals surface area (Å²) in [6, 6.07) is 12.5. The highest BCUT2D eigenvalue weighted by Crippen LogP contribution is 2.42. The zero-order valence-electron chi connectivity index (χ0n) is 27.1. The number of carbonyl (C=O) groups excluding carboxylic acids is 1. The number of halogens is 2. The van der Waals surface area contributed by atoms with Crippen LogP contribution in [0.25, 0.3) is 39.3 Å². The molecule has 12 nitrogen and oxygen atoms in total. The fourth-order valence-electron chi connectivity index (χ4n) is 6.21. The van der Waals surface area contributed by atoms with Gasteiger partial charge in [0.1, 0.15) is 0 Å². The van der Waals surface area contributed by atoms with Gasteiger partial charge in [-0.2, -0.15) is 0 Å². The average molecular weight is 706 g/mol. The van der Waals surface area contributed by atoms with Crippen molar-refractivity contribution < 1.29 is 29.3 Å². The summed E-state index contributed by atoms with van der Waals surface area (Å²) in [6.07, 6.45) is 5.24. The standard InChI is InChI=1S/C35H34Cl2N6O6/c1-20(45)41-13-10-24(11-14-41)43(35(46)47)17-21-7-8-28(40-34(21)49-3)27-6-4-5-25(30(27)36)26-9-12-38-32(31(26)37)22-15-29(48-2)33-39-23(19-44)18-42(33)16-22/h4-9,12,15-16,18,24,44H,10-11,13-14,17,19H2,1-3H3,(H,46,47). The van der Waals surface area contributed by atoms with Gasteiger partial charge in [0, 0.05) is 72.5 Å². The number of piperidine rings is 1. The van der Waals surface area contributed by atoms with E-state index >= 15 is 0 Å². The number of hydrogen-bond acceptors (Lipinski definition) is 8. The molecule has 0 bridgehead atoms. The molecule has 1 aliphatic heterocycles. The predicted molar refractivity (Wildman–Crippen MR) is 185 cm³/mol. The molecule has 49 heavy (non-hydrogen) atoms. The molecular weight excluding hydrogens is 671 g/mol. The van der Waals surface area contributed by atoms with Crippen LogP contribution in [0.2, 0.25) is 10.0 Å². The number of imidazole rings is 1. The molecule has 14 heteroatoms. The lowest BCUT2D eigenvalue weighted by Gasteiger charge is -2.37. The summed E-state index contributed by atoms with van der Waals surface area (Å²) >= 11 is 14.1. The quantitative estimate of drug-likeness (QED) is 0.177. The van der Waals surface area contributed by atoms with Gasteiger partial charge in [-0.3, -0.25) is 9.78 Å². The highest BCUT2D eigenvalue weighted by molar-refractivity contribution is 6.39. The van der Waals surface area contributed by atoms with Crippen molar-refractivity contribution in [1.29, 1.82) is 0 Å². The van der Waals surface area contributed by atoms with Crippen LogP contribution in [0.1, 0.15) is 31.0 Å². The Morgan fingerprint density at radius 2 is 1.71 bits per heavy atom. The molecule has 0 radical (unpaired) electrons. The number of likely N-dealkylation sites (tertiary alicyclic amines) is 1. The third kappa shape index (κ3) is 6.71. The van der Waals surface area contributed by atoms with Crippen molar-refractivity contribution >= 4 is 40.8 Å². The summed E-state index contributed by atoms with van der Waals surface area (Å²) < 4.78 is 13.0. The minimum Gasteiger partial charge on any atom is -0.493 e. The van der Waals surface area contributed by atoms with Crippen molar-refractivity contribution in [2.24, 2.45) is 0 Å². The highest BCUT2D eigenvalue weighted by atomic mass is 35.5. The summed E-state index contributed by atoms with van der Waals surface area (Å²) in [5.41, 5.74) is 5.29. The third-order valence-corrected chi connectivity index (χ3v) is 9.54. The normalized spacial score (nSPS) is 13.5. The summed E-state index contributed by atoms with van der Waals surface area (Å²) in [4.78, 5) is 40.9. The Morgan fingerprint density at radius 1 is 0.980 bits per heavy atom. The largest absolute Gasteiger partial charge is 0.493 e. The molecular formula is C35H34Cl2N6O6. The van der Waals surface area contributed by atoms with Crippen LogP contribution in [0.3, 0.4) is 0 Å². The van der Waals surface area contributed by atoms with Gasteiger partial charge in [0.2, 0.25) is 11.8 Å². The van der Waals surface area contributed by atoms with Gasteiger partial charge in [-0.25, -0.2) is 14.8 Å². The molecule has 254 valence electrons. The number of carboxylic acid groups (broad SMARTS) is 1. The zero-order valence-corrected chi connectivity index (χ0v) is 28.6. The van der Waals surface area contributed by atoms with E-state index in [0.29, 0.717) is 92.3 Å². The highest BCUT2D eigenvalue weighted by Gasteiger charge is 2.30. The number of rotatable bonds is 9. The van der Waals surface area contributed by atoms with Gasteiger partial charge < -0.3 is 33.9 Å². The second-order valence-electron chi connectivity index (χ2n) is 11.6. The second-order valence-corrected chi connectivity index (χ2v) is 12.4. The lowest BCUT2D eigenvalue weighted by Crippen LogP contribution is -2.47. The van der Waals surface area contributed by atoms with E-state index in [0.717, 1.165) is 0 Å². The minimum atomic E-state index is -1.05. The molecule has 2 N–H and O–H groups in total. The van der Waals surface area contributed by atoms with Gasteiger partial charge in [0.15, 0.2) is 11.4 Å². The number of benzene rings is 1. The van der Waals surface area contributed by atoms with Crippen molar-refractivity contribution in [3.05, 3.63) is 82.4 Å². The maximum atomic E-state index is 12.3. The Balaban J connectivity index is 1.31. The summed E-state index contributed by atoms with van der Waals surface area (Å²) in [7, 11) is 3.03. The van der Waals surface area contributed by atoms with Crippen LogP contribution in [-0.2, 0) is 17.9 Å². The Kier molecular flexibility index (Phi) is 9.91. The number of methoxy groups -OCH3 is 2. The fourth-order valence-corrected chi connectivity index (χ4v) is 6.86. The molecule has 5 aromatic rings. The number of aliphatic hydroxyl groups excluding tert-OH is 1. The summed E-state index contributed by atoms with van der Waals surface area (Å²) in [5, 5.41) is 20.4. The number of pyridine rings is 3. The lowest BCUT2D eigenvalue weighted by atomic mass is 9.99. The number of ether oxygens (including phenoxy) is 2. The molecule has 5 heterocycles. The Hall–Kier alpha value is -4.91. The SMILES string of the molecule is COc1nc(-c2cccc(-c3ccnc(-c4cc(OC)c5nc(CO)cn5c4)c3Cl)c2Cl)ccc1CN(C(=O)O)C1CCN(C(C)=O)CC1. The van der Waals surface area contributed by atoms with E-state index in [9.17, 15) is 19.8 Å². The van der Waals surface area contributed by atoms with Crippen LogP contribution < -0.4 is 9.47 Å². The number of fused-ring (bicyclic) bond motifs is 1. The van der Waals surface area contributed by atoms with E-state index in [1.54, 1.807) is 53.1 Å². The molecule has 1 fully saturated rings. The second kappa shape index (κ2) is 14.3. The van der Waals surface area contributed by atoms with Crippen molar-refractivity contribution in [3.63, 3.8) is 0 Å². The Labute approximate surface area is 292 Å². The number of aromatic nitrogens is 4. The molecule has 0 atom stereocenters. The van der Waals surface area contributed by atoms with Crippen LogP contribution in [0.5, 0.6) is 11.6 Å². The Bertz CT molecular complexity index is 2050. The van der Waals surface area contributed by atoms with Crippen LogP contribution in [0.4, 0.5) is 4.79 Å². The average Bonchev–Trinajstić information content (AvgIpc) is 3.54. The third-order valence-electron chi connectivity index (χ3n) is 8.75. The Morgan fingerprint density at radius 3 is 2.39 bits per heavy atom. The van der Waals surface area contributed by atoms with Gasteiger partial charge in [-0.15, -0.1) is 0 Å². The number of hydrogen-bond donors (Lipinski definition) is 2. The van der Waals surface area contributed by atoms with E-state index in [2.05, 4.69) is 9.97 Å². The molecule has 1 aliphatic rings. The first-order valence-corrected chi connectivity index (χ1v) is 16.3. The van der Waals surface area contributed by atoms with Crippen molar-refractivity contribution in [1.82, 2.24) is 29.2 Å². The van der Waals surface area contributed by atoms with Gasteiger partial charge in [0.25, 0.3) is 0 Å². The van der Waals surface area contributed by atoms with E-state index < -0.39 is 6.09 Å². The molecule has 0 saturated carbocycles. The van der Waals surface area contributed by atoms with Gasteiger partial charge in [-0.05, 0) is 37.1 Å². The van der Waals surface area contributed by atoms with Crippen molar-refractivity contribution in [2.75, 3.05) is 27.3 Å². The predicted octanol–water partition coefficient (Wildman–Crippen LogP) is 6.43. The number of nitrogens with zero attached hydrogens (tertiary/aromatic N) is 6. The monoisotopic (exact) mass is 704 g/mol. The van der Waals surface area contributed by atoms with Crippen LogP contribution in [0, 0.1) is 0 Å². The van der Waals surface area contributed by atoms with Crippen LogP contribution in [-0.4, -0.2) is 84.7 Å². The molecule has 0 spiro atoms. The zero-order chi connectivity index (χ0) is 34.8. The first kappa shape index (κ1) is 34.0. The van der Waals surface area contributed by atoms with Crippen molar-refractivity contribution in [3.8, 4) is 45.3 Å². The molecule has 0 unspecified atom stereocenters. The minimum absolute atomic E-state index is 0.0118. The van der Waals surface area contributed by atoms with Gasteiger partial charge in [0.05, 0.1) is 54.5 Å². The molecule has 2 amide bonds. The van der Waals surface area contributed by atoms with Gasteiger partial charge >= 0.3 is 6.09 Å². The van der Waals surface area contributed by atoms with E-state index in [1.165, 1.54) is 18.9 Å². The number of amides is 2. The summed E-state index contributed by atoms with van der Waals surface area (Å²) in [5.74, 6) is 0.764. The van der Waals surface area contributed by atoms with E-state index in [4.69, 9.17) is 37.7 Å². The van der Waals surface area contributed by atoms with E-state index in [1.807, 2.05) is 24.4 Å². The van der Waals surface area contributed by atoms with Crippen LogP contribution >= 0.6 is 23.2 Å². The molecule has 1 aromatic carbocycles. The first-order chi connectivity index (χ1) is 23.6. The number of aliphatic hydroxyl groups is 1. The molecule has 1 saturated heterocycles. The summed E-state index contributed by atoms with van der Waals surface area (Å²) in [6.45, 7) is 2.41. The fraction of sp³-hybridized carbons (Fsp3) is 0.286.